The van der Waals surface area contributed by atoms with Gasteiger partial charge in [-0.3, -0.25) is 4.21 Å². The van der Waals surface area contributed by atoms with Gasteiger partial charge in [0.25, 0.3) is 0 Å². The molecule has 1 aliphatic heterocycles. The molecule has 6 heteroatoms. The Morgan fingerprint density at radius 1 is 1.24 bits per heavy atom. The summed E-state index contributed by atoms with van der Waals surface area (Å²) in [4.78, 5) is 0. The average Bonchev–Trinajstić information content (AvgIpc) is 2.29. The van der Waals surface area contributed by atoms with Crippen LogP contribution in [-0.2, 0) is 10.8 Å². The number of nitrogens with two attached hydrogens (primary N) is 1. The van der Waals surface area contributed by atoms with E-state index >= 15 is 0 Å². The molecule has 94 valence electrons. The van der Waals surface area contributed by atoms with Crippen LogP contribution in [0.2, 0.25) is 10.0 Å². The molecule has 1 saturated heterocycles. The van der Waals surface area contributed by atoms with E-state index in [1.165, 1.54) is 0 Å². The number of hydrogen-bond donors (Lipinski definition) is 2. The van der Waals surface area contributed by atoms with Gasteiger partial charge in [0.2, 0.25) is 0 Å². The molecule has 1 fully saturated rings. The van der Waals surface area contributed by atoms with Crippen LogP contribution in [0, 0.1) is 0 Å². The maximum atomic E-state index is 11.2. The zero-order valence-electron chi connectivity index (χ0n) is 9.21. The summed E-state index contributed by atoms with van der Waals surface area (Å²) in [6, 6.07) is 3.70. The Hall–Kier alpha value is -0.450. The van der Waals surface area contributed by atoms with E-state index in [1.807, 2.05) is 0 Å². The molecule has 3 nitrogen and oxygen atoms in total. The molecule has 0 unspecified atom stereocenters. The topological polar surface area (TPSA) is 55.1 Å². The molecule has 3 N–H and O–H groups in total. The van der Waals surface area contributed by atoms with Crippen LogP contribution < -0.4 is 11.1 Å². The summed E-state index contributed by atoms with van der Waals surface area (Å²) >= 11 is 11.8. The summed E-state index contributed by atoms with van der Waals surface area (Å²) < 4.78 is 11.2. The normalized spacial score (nSPS) is 24.6. The number of nitrogen functional groups attached to an aromatic ring is 1. The Labute approximate surface area is 113 Å². The highest BCUT2D eigenvalue weighted by Gasteiger charge is 2.18. The molecule has 0 spiro atoms. The zero-order valence-corrected chi connectivity index (χ0v) is 11.5. The smallest absolute Gasteiger partial charge is 0.0614 e. The monoisotopic (exact) mass is 292 g/mol. The number of rotatable bonds is 2. The Morgan fingerprint density at radius 2 is 1.82 bits per heavy atom. The molecule has 0 saturated carbocycles. The van der Waals surface area contributed by atoms with E-state index in [2.05, 4.69) is 5.32 Å². The summed E-state index contributed by atoms with van der Waals surface area (Å²) in [6.07, 6.45) is 1.79. The molecular weight excluding hydrogens is 279 g/mol. The van der Waals surface area contributed by atoms with Crippen molar-refractivity contribution in [2.45, 2.75) is 18.9 Å². The molecule has 2 rings (SSSR count). The standard InChI is InChI=1S/C11H14Cl2N2OS/c12-8-5-10(14)11(6-9(8)13)15-7-1-3-17(16)4-2-7/h5-7,15H,1-4,14H2. The molecule has 0 aliphatic carbocycles. The first-order valence-electron chi connectivity index (χ1n) is 5.42. The van der Waals surface area contributed by atoms with E-state index < -0.39 is 10.8 Å². The van der Waals surface area contributed by atoms with E-state index in [4.69, 9.17) is 28.9 Å². The molecule has 1 aliphatic rings. The van der Waals surface area contributed by atoms with Gasteiger partial charge >= 0.3 is 0 Å². The lowest BCUT2D eigenvalue weighted by atomic mass is 10.1. The average molecular weight is 293 g/mol. The first kappa shape index (κ1) is 13.0. The van der Waals surface area contributed by atoms with Crippen molar-refractivity contribution in [2.24, 2.45) is 0 Å². The lowest BCUT2D eigenvalue weighted by Crippen LogP contribution is -2.29. The minimum Gasteiger partial charge on any atom is -0.397 e. The summed E-state index contributed by atoms with van der Waals surface area (Å²) in [5.41, 5.74) is 7.26. The molecule has 0 aromatic heterocycles. The maximum Gasteiger partial charge on any atom is 0.0614 e. The minimum atomic E-state index is -0.651. The van der Waals surface area contributed by atoms with Gasteiger partial charge < -0.3 is 11.1 Å². The van der Waals surface area contributed by atoms with Crippen molar-refractivity contribution < 1.29 is 4.21 Å². The van der Waals surface area contributed by atoms with E-state index in [0.29, 0.717) is 21.8 Å². The molecular formula is C11H14Cl2N2OS. The van der Waals surface area contributed by atoms with Crippen molar-refractivity contribution in [3.8, 4) is 0 Å². The Bertz CT molecular complexity index is 443. The summed E-state index contributed by atoms with van der Waals surface area (Å²) in [7, 11) is -0.651. The molecule has 0 amide bonds. The number of nitrogens with one attached hydrogen (secondary N) is 1. The van der Waals surface area contributed by atoms with E-state index in [9.17, 15) is 4.21 Å². The van der Waals surface area contributed by atoms with Crippen molar-refractivity contribution in [3.05, 3.63) is 22.2 Å². The quantitative estimate of drug-likeness (QED) is 0.824. The van der Waals surface area contributed by atoms with Gasteiger partial charge in [-0.15, -0.1) is 0 Å². The van der Waals surface area contributed by atoms with E-state index in [-0.39, 0.29) is 0 Å². The Balaban J connectivity index is 2.08. The fourth-order valence-electron chi connectivity index (χ4n) is 1.85. The van der Waals surface area contributed by atoms with Gasteiger partial charge in [-0.05, 0) is 25.0 Å². The van der Waals surface area contributed by atoms with E-state index in [0.717, 1.165) is 30.0 Å². The Morgan fingerprint density at radius 3 is 2.47 bits per heavy atom. The van der Waals surface area contributed by atoms with Crippen LogP contribution >= 0.6 is 23.2 Å². The van der Waals surface area contributed by atoms with Gasteiger partial charge in [-0.1, -0.05) is 23.2 Å². The second-order valence-electron chi connectivity index (χ2n) is 4.12. The molecule has 0 atom stereocenters. The fraction of sp³-hybridized carbons (Fsp3) is 0.455. The van der Waals surface area contributed by atoms with Gasteiger partial charge in [-0.25, -0.2) is 0 Å². The second-order valence-corrected chi connectivity index (χ2v) is 6.63. The summed E-state index contributed by atoms with van der Waals surface area (Å²) in [6.45, 7) is 0. The lowest BCUT2D eigenvalue weighted by Gasteiger charge is -2.24. The van der Waals surface area contributed by atoms with Gasteiger partial charge in [-0.2, -0.15) is 0 Å². The number of benzene rings is 1. The molecule has 1 aromatic carbocycles. The first-order valence-corrected chi connectivity index (χ1v) is 7.66. The maximum absolute atomic E-state index is 11.2. The number of halogens is 2. The number of hydrogen-bond acceptors (Lipinski definition) is 3. The van der Waals surface area contributed by atoms with Crippen LogP contribution in [0.3, 0.4) is 0 Å². The third kappa shape index (κ3) is 3.27. The molecule has 17 heavy (non-hydrogen) atoms. The van der Waals surface area contributed by atoms with Gasteiger partial charge in [0.1, 0.15) is 0 Å². The minimum absolute atomic E-state index is 0.312. The highest BCUT2D eigenvalue weighted by molar-refractivity contribution is 7.85. The van der Waals surface area contributed by atoms with Crippen LogP contribution in [0.5, 0.6) is 0 Å². The van der Waals surface area contributed by atoms with Crippen LogP contribution in [0.1, 0.15) is 12.8 Å². The van der Waals surface area contributed by atoms with Crippen LogP contribution in [0.15, 0.2) is 12.1 Å². The van der Waals surface area contributed by atoms with E-state index in [1.54, 1.807) is 12.1 Å². The largest absolute Gasteiger partial charge is 0.397 e. The van der Waals surface area contributed by atoms with Crippen molar-refractivity contribution >= 4 is 45.4 Å². The van der Waals surface area contributed by atoms with Crippen molar-refractivity contribution in [2.75, 3.05) is 22.6 Å². The van der Waals surface area contributed by atoms with Gasteiger partial charge in [0.15, 0.2) is 0 Å². The van der Waals surface area contributed by atoms with Crippen LogP contribution in [0.25, 0.3) is 0 Å². The molecule has 1 heterocycles. The van der Waals surface area contributed by atoms with Gasteiger partial charge in [0.05, 0.1) is 21.4 Å². The third-order valence-corrected chi connectivity index (χ3v) is 4.94. The SMILES string of the molecule is Nc1cc(Cl)c(Cl)cc1NC1CCS(=O)CC1. The van der Waals surface area contributed by atoms with Crippen LogP contribution in [-0.4, -0.2) is 21.8 Å². The molecule has 0 radical (unpaired) electrons. The number of anilines is 2. The predicted molar refractivity (Wildman–Crippen MR) is 75.4 cm³/mol. The summed E-state index contributed by atoms with van der Waals surface area (Å²) in [5.74, 6) is 1.50. The highest BCUT2D eigenvalue weighted by Crippen LogP contribution is 2.31. The second kappa shape index (κ2) is 5.46. The first-order chi connectivity index (χ1) is 8.06. The third-order valence-electron chi connectivity index (χ3n) is 2.84. The molecule has 1 aromatic rings. The fourth-order valence-corrected chi connectivity index (χ4v) is 3.48. The molecule has 0 bridgehead atoms. The van der Waals surface area contributed by atoms with Gasteiger partial charge in [0, 0.05) is 28.3 Å². The highest BCUT2D eigenvalue weighted by atomic mass is 35.5. The van der Waals surface area contributed by atoms with Crippen molar-refractivity contribution in [1.82, 2.24) is 0 Å². The lowest BCUT2D eigenvalue weighted by molar-refractivity contribution is 0.624. The predicted octanol–water partition coefficient (Wildman–Crippen LogP) is 2.90. The van der Waals surface area contributed by atoms with Crippen molar-refractivity contribution in [1.29, 1.82) is 0 Å². The van der Waals surface area contributed by atoms with Crippen molar-refractivity contribution in [3.63, 3.8) is 0 Å². The Kier molecular flexibility index (Phi) is 4.17. The summed E-state index contributed by atoms with van der Waals surface area (Å²) in [5, 5.41) is 4.28. The van der Waals surface area contributed by atoms with Crippen LogP contribution in [0.4, 0.5) is 11.4 Å². The zero-order chi connectivity index (χ0) is 12.4.